The van der Waals surface area contributed by atoms with Crippen molar-refractivity contribution in [1.82, 2.24) is 20.2 Å². The van der Waals surface area contributed by atoms with Crippen LogP contribution in [0.15, 0.2) is 24.3 Å². The third-order valence-electron chi connectivity index (χ3n) is 5.87. The molecule has 0 atom stereocenters. The van der Waals surface area contributed by atoms with E-state index >= 15 is 0 Å². The molecule has 2 aromatic rings. The number of nitrogens with zero attached hydrogens (tertiary/aromatic N) is 3. The third-order valence-corrected chi connectivity index (χ3v) is 5.87. The Morgan fingerprint density at radius 2 is 1.63 bits per heavy atom. The maximum atomic E-state index is 13.1. The van der Waals surface area contributed by atoms with Crippen molar-refractivity contribution in [3.8, 4) is 0 Å². The Hall–Kier alpha value is -3.49. The van der Waals surface area contributed by atoms with Crippen molar-refractivity contribution in [3.63, 3.8) is 0 Å². The van der Waals surface area contributed by atoms with Crippen molar-refractivity contribution in [2.45, 2.75) is 45.1 Å². The Balaban J connectivity index is 1.57. The van der Waals surface area contributed by atoms with E-state index in [-0.39, 0.29) is 11.1 Å². The van der Waals surface area contributed by atoms with Gasteiger partial charge < -0.3 is 10.2 Å². The van der Waals surface area contributed by atoms with Crippen LogP contribution in [-0.2, 0) is 16.7 Å². The van der Waals surface area contributed by atoms with E-state index < -0.39 is 29.2 Å². The summed E-state index contributed by atoms with van der Waals surface area (Å²) >= 11 is 0. The lowest BCUT2D eigenvalue weighted by atomic mass is 9.97. The molecule has 4 rings (SSSR count). The summed E-state index contributed by atoms with van der Waals surface area (Å²) in [7, 11) is 1.74. The third kappa shape index (κ3) is 2.97. The average molecular weight is 410 g/mol. The van der Waals surface area contributed by atoms with Crippen LogP contribution in [0.1, 0.15) is 68.1 Å². The summed E-state index contributed by atoms with van der Waals surface area (Å²) in [5.41, 5.74) is 0.683. The van der Waals surface area contributed by atoms with Crippen molar-refractivity contribution >= 4 is 23.7 Å². The fourth-order valence-electron chi connectivity index (χ4n) is 4.16. The molecule has 3 amide bonds. The molecule has 1 aliphatic carbocycles. The van der Waals surface area contributed by atoms with E-state index in [4.69, 9.17) is 4.84 Å². The van der Waals surface area contributed by atoms with Crippen LogP contribution in [0.25, 0.3) is 0 Å². The predicted octanol–water partition coefficient (Wildman–Crippen LogP) is 1.83. The fourth-order valence-corrected chi connectivity index (χ4v) is 4.16. The van der Waals surface area contributed by atoms with Crippen LogP contribution in [0.4, 0.5) is 0 Å². The Labute approximate surface area is 172 Å². The van der Waals surface area contributed by atoms with E-state index in [1.807, 2.05) is 0 Å². The lowest BCUT2D eigenvalue weighted by molar-refractivity contribution is -0.176. The van der Waals surface area contributed by atoms with E-state index in [1.165, 1.54) is 12.1 Å². The summed E-state index contributed by atoms with van der Waals surface area (Å²) in [5.74, 6) is -2.63. The monoisotopic (exact) mass is 410 g/mol. The second-order valence-corrected chi connectivity index (χ2v) is 7.74. The molecular formula is C21H22N4O5. The van der Waals surface area contributed by atoms with Crippen molar-refractivity contribution in [3.05, 3.63) is 52.3 Å². The Morgan fingerprint density at radius 3 is 2.13 bits per heavy atom. The minimum absolute atomic E-state index is 0.182. The number of hydrogen-bond acceptors (Lipinski definition) is 6. The highest BCUT2D eigenvalue weighted by atomic mass is 16.7. The highest BCUT2D eigenvalue weighted by Gasteiger charge is 2.48. The highest BCUT2D eigenvalue weighted by molar-refractivity contribution is 6.21. The van der Waals surface area contributed by atoms with Crippen LogP contribution in [0.3, 0.4) is 0 Å². The number of aromatic nitrogens is 2. The fraction of sp³-hybridized carbons (Fsp3) is 0.381. The molecule has 9 heteroatoms. The smallest absolute Gasteiger partial charge is 0.336 e. The number of carbonyl (C=O) groups excluding carboxylic acids is 4. The minimum atomic E-state index is -1.30. The molecule has 0 saturated heterocycles. The van der Waals surface area contributed by atoms with Crippen molar-refractivity contribution in [2.75, 3.05) is 0 Å². The molecule has 0 radical (unpaired) electrons. The minimum Gasteiger partial charge on any atom is -0.336 e. The second kappa shape index (κ2) is 7.08. The number of benzene rings is 1. The topological polar surface area (TPSA) is 111 Å². The number of hydrogen-bond donors (Lipinski definition) is 1. The number of hydroxylamine groups is 2. The zero-order valence-electron chi connectivity index (χ0n) is 17.0. The lowest BCUT2D eigenvalue weighted by Gasteiger charge is -2.29. The maximum absolute atomic E-state index is 13.1. The second-order valence-electron chi connectivity index (χ2n) is 7.74. The summed E-state index contributed by atoms with van der Waals surface area (Å²) in [4.78, 5) is 56.4. The molecule has 0 spiro atoms. The van der Waals surface area contributed by atoms with Crippen LogP contribution in [0.5, 0.6) is 0 Å². The van der Waals surface area contributed by atoms with E-state index in [9.17, 15) is 19.2 Å². The molecule has 0 bridgehead atoms. The number of rotatable bonds is 4. The molecule has 1 aliphatic heterocycles. The first-order valence-electron chi connectivity index (χ1n) is 9.78. The molecule has 2 aliphatic rings. The van der Waals surface area contributed by atoms with E-state index in [0.717, 1.165) is 0 Å². The lowest BCUT2D eigenvalue weighted by Crippen LogP contribution is -2.55. The van der Waals surface area contributed by atoms with Crippen molar-refractivity contribution in [2.24, 2.45) is 7.05 Å². The average Bonchev–Trinajstić information content (AvgIpc) is 3.35. The van der Waals surface area contributed by atoms with Gasteiger partial charge in [-0.2, -0.15) is 5.10 Å². The van der Waals surface area contributed by atoms with Crippen LogP contribution in [-0.4, -0.2) is 44.1 Å². The number of amides is 3. The standard InChI is InChI=1S/C21H22N4O5/c1-12-16(13(2)24(3)23-12)17(26)22-21(10-6-7-11-21)20(29)30-25-18(27)14-8-4-5-9-15(14)19(25)28/h4-5,8-9H,6-7,10-11H2,1-3H3,(H,22,26). The van der Waals surface area contributed by atoms with Gasteiger partial charge in [0.2, 0.25) is 0 Å². The SMILES string of the molecule is Cc1nn(C)c(C)c1C(=O)NC1(C(=O)ON2C(=O)c3ccccc3C2=O)CCCC1. The number of aryl methyl sites for hydroxylation is 2. The summed E-state index contributed by atoms with van der Waals surface area (Å²) in [5, 5.41) is 7.54. The van der Waals surface area contributed by atoms with Crippen molar-refractivity contribution in [1.29, 1.82) is 0 Å². The van der Waals surface area contributed by atoms with Crippen LogP contribution in [0.2, 0.25) is 0 Å². The van der Waals surface area contributed by atoms with Crippen molar-refractivity contribution < 1.29 is 24.0 Å². The van der Waals surface area contributed by atoms with Crippen LogP contribution in [0, 0.1) is 13.8 Å². The van der Waals surface area contributed by atoms with Gasteiger partial charge in [-0.05, 0) is 38.8 Å². The Kier molecular flexibility index (Phi) is 4.68. The zero-order chi connectivity index (χ0) is 21.6. The number of nitrogens with one attached hydrogen (secondary N) is 1. The zero-order valence-corrected chi connectivity index (χ0v) is 17.0. The van der Waals surface area contributed by atoms with E-state index in [2.05, 4.69) is 10.4 Å². The summed E-state index contributed by atoms with van der Waals surface area (Å²) in [6, 6.07) is 6.27. The normalized spacial score (nSPS) is 17.2. The molecule has 9 nitrogen and oxygen atoms in total. The first kappa shape index (κ1) is 19.8. The maximum Gasteiger partial charge on any atom is 0.358 e. The molecular weight excluding hydrogens is 388 g/mol. The molecule has 1 N–H and O–H groups in total. The van der Waals surface area contributed by atoms with Gasteiger partial charge in [-0.1, -0.05) is 30.0 Å². The Bertz CT molecular complexity index is 1050. The molecule has 1 aromatic carbocycles. The Morgan fingerprint density at radius 1 is 1.07 bits per heavy atom. The first-order chi connectivity index (χ1) is 14.2. The molecule has 1 fully saturated rings. The molecule has 2 heterocycles. The largest absolute Gasteiger partial charge is 0.358 e. The summed E-state index contributed by atoms with van der Waals surface area (Å²) < 4.78 is 1.60. The molecule has 1 aromatic heterocycles. The molecule has 156 valence electrons. The number of fused-ring (bicyclic) bond motifs is 1. The van der Waals surface area contributed by atoms with E-state index in [1.54, 1.807) is 37.7 Å². The van der Waals surface area contributed by atoms with Gasteiger partial charge in [0.15, 0.2) is 0 Å². The molecule has 30 heavy (non-hydrogen) atoms. The quantitative estimate of drug-likeness (QED) is 0.770. The molecule has 0 unspecified atom stereocenters. The van der Waals surface area contributed by atoms with Gasteiger partial charge in [0, 0.05) is 12.7 Å². The number of imide groups is 1. The summed E-state index contributed by atoms with van der Waals surface area (Å²) in [6.45, 7) is 3.49. The highest BCUT2D eigenvalue weighted by Crippen LogP contribution is 2.33. The van der Waals surface area contributed by atoms with Gasteiger partial charge in [-0.3, -0.25) is 19.1 Å². The first-order valence-corrected chi connectivity index (χ1v) is 9.78. The van der Waals surface area contributed by atoms with Gasteiger partial charge in [-0.25, -0.2) is 4.79 Å². The van der Waals surface area contributed by atoms with Crippen LogP contribution < -0.4 is 5.32 Å². The van der Waals surface area contributed by atoms with Gasteiger partial charge in [0.1, 0.15) is 5.54 Å². The van der Waals surface area contributed by atoms with Gasteiger partial charge in [0.05, 0.1) is 22.4 Å². The van der Waals surface area contributed by atoms with Gasteiger partial charge in [0.25, 0.3) is 17.7 Å². The number of carbonyl (C=O) groups is 4. The van der Waals surface area contributed by atoms with Gasteiger partial charge >= 0.3 is 5.97 Å². The predicted molar refractivity (Wildman–Crippen MR) is 104 cm³/mol. The summed E-state index contributed by atoms with van der Waals surface area (Å²) in [6.07, 6.45) is 2.14. The van der Waals surface area contributed by atoms with Gasteiger partial charge in [-0.15, -0.1) is 0 Å². The van der Waals surface area contributed by atoms with Crippen LogP contribution >= 0.6 is 0 Å². The van der Waals surface area contributed by atoms with E-state index in [0.29, 0.717) is 47.7 Å². The molecule has 1 saturated carbocycles.